The summed E-state index contributed by atoms with van der Waals surface area (Å²) >= 11 is 0. The van der Waals surface area contributed by atoms with Crippen LogP contribution in [-0.4, -0.2) is 22.7 Å². The van der Waals surface area contributed by atoms with Crippen molar-refractivity contribution in [2.24, 2.45) is 5.92 Å². The molecule has 2 N–H and O–H groups in total. The smallest absolute Gasteiger partial charge is 0.225 e. The number of H-pyrrole nitrogens is 1. The molecule has 1 amide bonds. The molecule has 4 nitrogen and oxygen atoms in total. The van der Waals surface area contributed by atoms with Crippen molar-refractivity contribution in [2.45, 2.75) is 46.6 Å². The average molecular weight is 300 g/mol. The van der Waals surface area contributed by atoms with Gasteiger partial charge in [-0.1, -0.05) is 32.4 Å². The number of Topliss-reactive ketones (excluding diaryl/α,β-unsaturated/α-hetero) is 1. The Morgan fingerprint density at radius 1 is 1.32 bits per heavy atom. The van der Waals surface area contributed by atoms with Gasteiger partial charge in [0.2, 0.25) is 5.91 Å². The Hall–Kier alpha value is -2.10. The number of hydrogen-bond donors (Lipinski definition) is 2. The summed E-state index contributed by atoms with van der Waals surface area (Å²) in [6.07, 6.45) is 3.02. The Bertz CT molecular complexity index is 687. The van der Waals surface area contributed by atoms with Crippen LogP contribution in [0.4, 0.5) is 0 Å². The first-order valence-corrected chi connectivity index (χ1v) is 7.79. The number of carbonyl (C=O) groups is 2. The molecule has 0 bridgehead atoms. The van der Waals surface area contributed by atoms with Gasteiger partial charge >= 0.3 is 0 Å². The lowest BCUT2D eigenvalue weighted by molar-refractivity contribution is -0.127. The van der Waals surface area contributed by atoms with E-state index in [1.807, 2.05) is 45.2 Å². The normalized spacial score (nSPS) is 13.8. The zero-order valence-electron chi connectivity index (χ0n) is 13.7. The summed E-state index contributed by atoms with van der Waals surface area (Å²) in [6, 6.07) is 5.63. The van der Waals surface area contributed by atoms with Crippen LogP contribution in [-0.2, 0) is 16.0 Å². The van der Waals surface area contributed by atoms with E-state index in [-0.39, 0.29) is 24.0 Å². The molecule has 118 valence electrons. The van der Waals surface area contributed by atoms with E-state index in [1.165, 1.54) is 6.92 Å². The molecule has 0 spiro atoms. The van der Waals surface area contributed by atoms with E-state index in [2.05, 4.69) is 10.3 Å². The highest BCUT2D eigenvalue weighted by atomic mass is 16.2. The Morgan fingerprint density at radius 2 is 2.05 bits per heavy atom. The highest BCUT2D eigenvalue weighted by Gasteiger charge is 2.23. The molecule has 0 radical (unpaired) electrons. The standard InChI is InChI=1S/C18H24N2O2/c1-5-11(2)18(13(4)21)20-16(22)9-14-10-19-15-8-6-7-12(3)17(14)15/h6-8,10-11,18-19H,5,9H2,1-4H3,(H,20,22)/t11-,18?/m0/s1. The molecule has 0 saturated carbocycles. The van der Waals surface area contributed by atoms with Gasteiger partial charge in [-0.3, -0.25) is 9.59 Å². The second-order valence-electron chi connectivity index (χ2n) is 6.03. The van der Waals surface area contributed by atoms with Crippen molar-refractivity contribution in [1.29, 1.82) is 0 Å². The largest absolute Gasteiger partial charge is 0.361 e. The lowest BCUT2D eigenvalue weighted by atomic mass is 9.95. The third-order valence-corrected chi connectivity index (χ3v) is 4.31. The average Bonchev–Trinajstić information content (AvgIpc) is 2.88. The number of aryl methyl sites for hydroxylation is 1. The molecule has 2 atom stereocenters. The summed E-state index contributed by atoms with van der Waals surface area (Å²) in [5.41, 5.74) is 3.15. The third kappa shape index (κ3) is 3.38. The molecule has 0 aliphatic heterocycles. The molecular weight excluding hydrogens is 276 g/mol. The number of aromatic amines is 1. The van der Waals surface area contributed by atoms with Gasteiger partial charge in [-0.05, 0) is 37.0 Å². The molecule has 22 heavy (non-hydrogen) atoms. The van der Waals surface area contributed by atoms with E-state index < -0.39 is 6.04 Å². The van der Waals surface area contributed by atoms with Gasteiger partial charge in [0.1, 0.15) is 0 Å². The van der Waals surface area contributed by atoms with Crippen LogP contribution < -0.4 is 5.32 Å². The van der Waals surface area contributed by atoms with Crippen LogP contribution >= 0.6 is 0 Å². The molecule has 1 aromatic heterocycles. The van der Waals surface area contributed by atoms with Gasteiger partial charge in [0.05, 0.1) is 12.5 Å². The van der Waals surface area contributed by atoms with Crippen LogP contribution in [0.15, 0.2) is 24.4 Å². The van der Waals surface area contributed by atoms with Crippen LogP contribution in [0.25, 0.3) is 10.9 Å². The maximum Gasteiger partial charge on any atom is 0.225 e. The number of amides is 1. The number of aromatic nitrogens is 1. The molecule has 0 fully saturated rings. The van der Waals surface area contributed by atoms with Gasteiger partial charge in [-0.15, -0.1) is 0 Å². The highest BCUT2D eigenvalue weighted by molar-refractivity contribution is 5.93. The summed E-state index contributed by atoms with van der Waals surface area (Å²) < 4.78 is 0. The fourth-order valence-corrected chi connectivity index (χ4v) is 2.87. The van der Waals surface area contributed by atoms with Crippen LogP contribution in [0.1, 0.15) is 38.3 Å². The number of fused-ring (bicyclic) bond motifs is 1. The van der Waals surface area contributed by atoms with Gasteiger partial charge in [0.15, 0.2) is 5.78 Å². The minimum absolute atomic E-state index is 0.0119. The number of ketones is 1. The van der Waals surface area contributed by atoms with Gasteiger partial charge in [-0.25, -0.2) is 0 Å². The van der Waals surface area contributed by atoms with E-state index in [9.17, 15) is 9.59 Å². The second kappa shape index (κ2) is 6.77. The molecule has 0 aliphatic rings. The lowest BCUT2D eigenvalue weighted by Crippen LogP contribution is -2.44. The summed E-state index contributed by atoms with van der Waals surface area (Å²) in [6.45, 7) is 7.58. The molecule has 1 aromatic carbocycles. The highest BCUT2D eigenvalue weighted by Crippen LogP contribution is 2.22. The predicted octanol–water partition coefficient (Wildman–Crippen LogP) is 3.14. The SMILES string of the molecule is CC[C@H](C)C(NC(=O)Cc1c[nH]c2cccc(C)c12)C(C)=O. The topological polar surface area (TPSA) is 62.0 Å². The number of rotatable bonds is 6. The van der Waals surface area contributed by atoms with E-state index in [0.29, 0.717) is 0 Å². The first-order valence-electron chi connectivity index (χ1n) is 7.79. The fourth-order valence-electron chi connectivity index (χ4n) is 2.87. The van der Waals surface area contributed by atoms with Crippen molar-refractivity contribution in [3.63, 3.8) is 0 Å². The van der Waals surface area contributed by atoms with Crippen molar-refractivity contribution < 1.29 is 9.59 Å². The van der Waals surface area contributed by atoms with Crippen molar-refractivity contribution in [3.8, 4) is 0 Å². The van der Waals surface area contributed by atoms with Gasteiger partial charge < -0.3 is 10.3 Å². The first kappa shape index (κ1) is 16.3. The first-order chi connectivity index (χ1) is 10.4. The van der Waals surface area contributed by atoms with Crippen molar-refractivity contribution in [1.82, 2.24) is 10.3 Å². The Balaban J connectivity index is 2.15. The van der Waals surface area contributed by atoms with Crippen molar-refractivity contribution in [3.05, 3.63) is 35.5 Å². The van der Waals surface area contributed by atoms with Gasteiger partial charge in [0, 0.05) is 17.1 Å². The maximum absolute atomic E-state index is 12.3. The van der Waals surface area contributed by atoms with Gasteiger partial charge in [0.25, 0.3) is 0 Å². The summed E-state index contributed by atoms with van der Waals surface area (Å²) in [5, 5.41) is 3.98. The quantitative estimate of drug-likeness (QED) is 0.861. The second-order valence-corrected chi connectivity index (χ2v) is 6.03. The summed E-state index contributed by atoms with van der Waals surface area (Å²) in [7, 11) is 0. The van der Waals surface area contributed by atoms with Crippen molar-refractivity contribution in [2.75, 3.05) is 0 Å². The van der Waals surface area contributed by atoms with Crippen LogP contribution in [0.2, 0.25) is 0 Å². The summed E-state index contributed by atoms with van der Waals surface area (Å²) in [5.74, 6) is 0.0496. The van der Waals surface area contributed by atoms with E-state index >= 15 is 0 Å². The maximum atomic E-state index is 12.3. The molecular formula is C18H24N2O2. The summed E-state index contributed by atoms with van der Waals surface area (Å²) in [4.78, 5) is 27.2. The number of benzene rings is 1. The predicted molar refractivity (Wildman–Crippen MR) is 88.8 cm³/mol. The van der Waals surface area contributed by atoms with Crippen LogP contribution in [0.5, 0.6) is 0 Å². The molecule has 2 rings (SSSR count). The van der Waals surface area contributed by atoms with Crippen molar-refractivity contribution >= 4 is 22.6 Å². The monoisotopic (exact) mass is 300 g/mol. The zero-order valence-corrected chi connectivity index (χ0v) is 13.7. The van der Waals surface area contributed by atoms with Crippen LogP contribution in [0, 0.1) is 12.8 Å². The minimum Gasteiger partial charge on any atom is -0.361 e. The fraction of sp³-hybridized carbons (Fsp3) is 0.444. The van der Waals surface area contributed by atoms with E-state index in [0.717, 1.165) is 28.5 Å². The number of nitrogens with one attached hydrogen (secondary N) is 2. The molecule has 2 aromatic rings. The molecule has 0 saturated heterocycles. The number of carbonyl (C=O) groups excluding carboxylic acids is 2. The number of hydrogen-bond acceptors (Lipinski definition) is 2. The van der Waals surface area contributed by atoms with E-state index in [1.54, 1.807) is 0 Å². The van der Waals surface area contributed by atoms with E-state index in [4.69, 9.17) is 0 Å². The molecule has 4 heteroatoms. The van der Waals surface area contributed by atoms with Crippen LogP contribution in [0.3, 0.4) is 0 Å². The Kier molecular flexibility index (Phi) is 5.01. The Labute approximate surface area is 131 Å². The minimum atomic E-state index is -0.399. The van der Waals surface area contributed by atoms with Gasteiger partial charge in [-0.2, -0.15) is 0 Å². The molecule has 0 aliphatic carbocycles. The third-order valence-electron chi connectivity index (χ3n) is 4.31. The molecule has 1 unspecified atom stereocenters. The Morgan fingerprint density at radius 3 is 2.68 bits per heavy atom. The molecule has 1 heterocycles. The lowest BCUT2D eigenvalue weighted by Gasteiger charge is -2.21. The zero-order chi connectivity index (χ0) is 16.3.